The summed E-state index contributed by atoms with van der Waals surface area (Å²) in [7, 11) is 0. The number of piperidine rings is 1. The largest absolute Gasteiger partial charge is 0.312 e. The molecule has 2 atom stereocenters. The SMILES string of the molecule is c1ccc(CN2CC3CCC(C2)NC3)cc1. The first-order chi connectivity index (χ1) is 7.90. The molecule has 2 nitrogen and oxygen atoms in total. The van der Waals surface area contributed by atoms with Crippen molar-refractivity contribution in [3.8, 4) is 0 Å². The molecule has 3 saturated heterocycles. The zero-order chi connectivity index (χ0) is 10.8. The quantitative estimate of drug-likeness (QED) is 0.812. The molecule has 0 aliphatic carbocycles. The van der Waals surface area contributed by atoms with E-state index in [1.54, 1.807) is 0 Å². The third-order valence-electron chi connectivity index (χ3n) is 3.86. The Morgan fingerprint density at radius 3 is 2.75 bits per heavy atom. The molecule has 16 heavy (non-hydrogen) atoms. The molecule has 1 aromatic carbocycles. The lowest BCUT2D eigenvalue weighted by Gasteiger charge is -2.23. The lowest BCUT2D eigenvalue weighted by Crippen LogP contribution is -2.39. The van der Waals surface area contributed by atoms with E-state index in [0.29, 0.717) is 0 Å². The van der Waals surface area contributed by atoms with Crippen molar-refractivity contribution < 1.29 is 0 Å². The molecular formula is C14H20N2. The van der Waals surface area contributed by atoms with Crippen LogP contribution in [0, 0.1) is 5.92 Å². The molecule has 0 amide bonds. The van der Waals surface area contributed by atoms with Crippen molar-refractivity contribution >= 4 is 0 Å². The summed E-state index contributed by atoms with van der Waals surface area (Å²) < 4.78 is 0. The fraction of sp³-hybridized carbons (Fsp3) is 0.571. The Hall–Kier alpha value is -0.860. The van der Waals surface area contributed by atoms with Crippen LogP contribution in [0.2, 0.25) is 0 Å². The van der Waals surface area contributed by atoms with Crippen molar-refractivity contribution in [3.63, 3.8) is 0 Å². The fourth-order valence-electron chi connectivity index (χ4n) is 3.01. The molecule has 2 heteroatoms. The summed E-state index contributed by atoms with van der Waals surface area (Å²) in [4.78, 5) is 2.62. The molecule has 0 spiro atoms. The molecule has 2 unspecified atom stereocenters. The summed E-state index contributed by atoms with van der Waals surface area (Å²) in [6, 6.07) is 11.6. The van der Waals surface area contributed by atoms with Gasteiger partial charge in [0.25, 0.3) is 0 Å². The summed E-state index contributed by atoms with van der Waals surface area (Å²) in [5.74, 6) is 0.877. The van der Waals surface area contributed by atoms with Gasteiger partial charge in [-0.1, -0.05) is 30.3 Å². The molecule has 4 rings (SSSR count). The topological polar surface area (TPSA) is 15.3 Å². The van der Waals surface area contributed by atoms with Gasteiger partial charge in [-0.25, -0.2) is 0 Å². The van der Waals surface area contributed by atoms with E-state index in [1.165, 1.54) is 38.0 Å². The van der Waals surface area contributed by atoms with E-state index in [9.17, 15) is 0 Å². The van der Waals surface area contributed by atoms with Crippen LogP contribution in [0.4, 0.5) is 0 Å². The fourth-order valence-corrected chi connectivity index (χ4v) is 3.01. The van der Waals surface area contributed by atoms with Gasteiger partial charge in [0.05, 0.1) is 0 Å². The Morgan fingerprint density at radius 1 is 1.12 bits per heavy atom. The van der Waals surface area contributed by atoms with Gasteiger partial charge in [0, 0.05) is 25.7 Å². The number of nitrogens with one attached hydrogen (secondary N) is 1. The van der Waals surface area contributed by atoms with Gasteiger partial charge in [-0.2, -0.15) is 0 Å². The molecule has 0 aromatic heterocycles. The van der Waals surface area contributed by atoms with Crippen molar-refractivity contribution in [2.45, 2.75) is 25.4 Å². The Bertz CT molecular complexity index is 314. The van der Waals surface area contributed by atoms with Crippen molar-refractivity contribution in [1.82, 2.24) is 10.2 Å². The van der Waals surface area contributed by atoms with E-state index in [2.05, 4.69) is 40.5 Å². The zero-order valence-electron chi connectivity index (χ0n) is 9.73. The first-order valence-electron chi connectivity index (χ1n) is 6.40. The minimum absolute atomic E-state index is 0.738. The van der Waals surface area contributed by atoms with E-state index in [4.69, 9.17) is 0 Å². The highest BCUT2D eigenvalue weighted by Crippen LogP contribution is 2.22. The van der Waals surface area contributed by atoms with Crippen LogP contribution in [-0.2, 0) is 6.54 Å². The molecule has 1 N–H and O–H groups in total. The van der Waals surface area contributed by atoms with Gasteiger partial charge in [-0.3, -0.25) is 4.90 Å². The monoisotopic (exact) mass is 216 g/mol. The average Bonchev–Trinajstić information content (AvgIpc) is 2.62. The van der Waals surface area contributed by atoms with Gasteiger partial charge in [0.15, 0.2) is 0 Å². The molecule has 1 aromatic rings. The predicted molar refractivity (Wildman–Crippen MR) is 66.2 cm³/mol. The lowest BCUT2D eigenvalue weighted by atomic mass is 9.97. The number of fused-ring (bicyclic) bond motifs is 4. The summed E-state index contributed by atoms with van der Waals surface area (Å²) in [6.07, 6.45) is 2.79. The molecule has 0 radical (unpaired) electrons. The highest BCUT2D eigenvalue weighted by molar-refractivity contribution is 5.14. The van der Waals surface area contributed by atoms with Gasteiger partial charge < -0.3 is 5.32 Å². The third-order valence-corrected chi connectivity index (χ3v) is 3.86. The smallest absolute Gasteiger partial charge is 0.0234 e. The summed E-state index contributed by atoms with van der Waals surface area (Å²) >= 11 is 0. The first-order valence-corrected chi connectivity index (χ1v) is 6.40. The molecule has 2 bridgehead atoms. The second-order valence-electron chi connectivity index (χ2n) is 5.23. The summed E-state index contributed by atoms with van der Waals surface area (Å²) in [5, 5.41) is 3.66. The summed E-state index contributed by atoms with van der Waals surface area (Å²) in [5.41, 5.74) is 1.45. The van der Waals surface area contributed by atoms with Crippen molar-refractivity contribution in [2.24, 2.45) is 5.92 Å². The van der Waals surface area contributed by atoms with Gasteiger partial charge >= 0.3 is 0 Å². The molecule has 3 aliphatic rings. The normalized spacial score (nSPS) is 30.2. The third kappa shape index (κ3) is 2.28. The van der Waals surface area contributed by atoms with E-state index >= 15 is 0 Å². The number of rotatable bonds is 2. The minimum Gasteiger partial charge on any atom is -0.312 e. The molecule has 3 aliphatic heterocycles. The van der Waals surface area contributed by atoms with Crippen LogP contribution in [0.1, 0.15) is 18.4 Å². The number of hydrogen-bond donors (Lipinski definition) is 1. The van der Waals surface area contributed by atoms with Gasteiger partial charge in [-0.15, -0.1) is 0 Å². The standard InChI is InChI=1S/C14H20N2/c1-2-4-12(5-3-1)9-16-10-13-6-7-14(11-16)15-8-13/h1-5,13-15H,6-11H2. The minimum atomic E-state index is 0.738. The maximum atomic E-state index is 3.66. The van der Waals surface area contributed by atoms with Crippen LogP contribution >= 0.6 is 0 Å². The number of hydrogen-bond acceptors (Lipinski definition) is 2. The number of benzene rings is 1. The van der Waals surface area contributed by atoms with E-state index < -0.39 is 0 Å². The molecule has 0 saturated carbocycles. The molecular weight excluding hydrogens is 196 g/mol. The van der Waals surface area contributed by atoms with Crippen LogP contribution < -0.4 is 5.32 Å². The Balaban J connectivity index is 1.67. The Labute approximate surface area is 97.6 Å². The highest BCUT2D eigenvalue weighted by atomic mass is 15.2. The van der Waals surface area contributed by atoms with Gasteiger partial charge in [0.2, 0.25) is 0 Å². The molecule has 3 fully saturated rings. The van der Waals surface area contributed by atoms with E-state index in [-0.39, 0.29) is 0 Å². The first kappa shape index (κ1) is 10.3. The maximum absolute atomic E-state index is 3.66. The second-order valence-corrected chi connectivity index (χ2v) is 5.23. The maximum Gasteiger partial charge on any atom is 0.0234 e. The van der Waals surface area contributed by atoms with Crippen LogP contribution in [0.25, 0.3) is 0 Å². The molecule has 3 heterocycles. The molecule has 86 valence electrons. The van der Waals surface area contributed by atoms with E-state index in [0.717, 1.165) is 18.5 Å². The number of nitrogens with zero attached hydrogens (tertiary/aromatic N) is 1. The van der Waals surface area contributed by atoms with Crippen LogP contribution in [0.5, 0.6) is 0 Å². The Kier molecular flexibility index (Phi) is 2.94. The predicted octanol–water partition coefficient (Wildman–Crippen LogP) is 1.87. The summed E-state index contributed by atoms with van der Waals surface area (Å²) in [6.45, 7) is 4.86. The second kappa shape index (κ2) is 4.56. The zero-order valence-corrected chi connectivity index (χ0v) is 9.73. The van der Waals surface area contributed by atoms with Crippen molar-refractivity contribution in [3.05, 3.63) is 35.9 Å². The van der Waals surface area contributed by atoms with Crippen molar-refractivity contribution in [2.75, 3.05) is 19.6 Å². The van der Waals surface area contributed by atoms with Gasteiger partial charge in [-0.05, 0) is 30.9 Å². The highest BCUT2D eigenvalue weighted by Gasteiger charge is 2.28. The van der Waals surface area contributed by atoms with Crippen LogP contribution in [0.3, 0.4) is 0 Å². The Morgan fingerprint density at radius 2 is 2.00 bits per heavy atom. The lowest BCUT2D eigenvalue weighted by molar-refractivity contribution is 0.256. The van der Waals surface area contributed by atoms with Crippen LogP contribution in [-0.4, -0.2) is 30.6 Å². The van der Waals surface area contributed by atoms with Crippen molar-refractivity contribution in [1.29, 1.82) is 0 Å². The average molecular weight is 216 g/mol. The van der Waals surface area contributed by atoms with E-state index in [1.807, 2.05) is 0 Å². The van der Waals surface area contributed by atoms with Crippen LogP contribution in [0.15, 0.2) is 30.3 Å². The van der Waals surface area contributed by atoms with Gasteiger partial charge in [0.1, 0.15) is 0 Å².